The van der Waals surface area contributed by atoms with Crippen LogP contribution >= 0.6 is 0 Å². The monoisotopic (exact) mass is 224 g/mol. The summed E-state index contributed by atoms with van der Waals surface area (Å²) in [6.07, 6.45) is 9.99. The molecular formula is C14H28N2. The number of nitrogens with zero attached hydrogens (tertiary/aromatic N) is 1. The van der Waals surface area contributed by atoms with Gasteiger partial charge in [0.1, 0.15) is 0 Å². The fourth-order valence-electron chi connectivity index (χ4n) is 3.40. The number of hydrogen-bond acceptors (Lipinski definition) is 2. The molecule has 0 aromatic carbocycles. The Morgan fingerprint density at radius 2 is 1.94 bits per heavy atom. The Morgan fingerprint density at radius 1 is 1.12 bits per heavy atom. The van der Waals surface area contributed by atoms with Gasteiger partial charge in [0.25, 0.3) is 0 Å². The minimum atomic E-state index is 0.786. The maximum Gasteiger partial charge on any atom is 0.0223 e. The second kappa shape index (κ2) is 6.61. The van der Waals surface area contributed by atoms with E-state index >= 15 is 0 Å². The van der Waals surface area contributed by atoms with E-state index in [2.05, 4.69) is 17.1 Å². The van der Waals surface area contributed by atoms with E-state index in [1.165, 1.54) is 71.1 Å². The SMILES string of the molecule is CCCN1CCCNC(C2CCCCC2)C1. The molecule has 0 radical (unpaired) electrons. The molecule has 2 aliphatic rings. The predicted molar refractivity (Wildman–Crippen MR) is 69.7 cm³/mol. The summed E-state index contributed by atoms with van der Waals surface area (Å²) in [5, 5.41) is 3.80. The second-order valence-corrected chi connectivity index (χ2v) is 5.61. The van der Waals surface area contributed by atoms with Crippen LogP contribution in [-0.4, -0.2) is 37.1 Å². The van der Waals surface area contributed by atoms with Crippen molar-refractivity contribution in [2.75, 3.05) is 26.2 Å². The van der Waals surface area contributed by atoms with Gasteiger partial charge in [0.15, 0.2) is 0 Å². The lowest BCUT2D eigenvalue weighted by Crippen LogP contribution is -2.43. The van der Waals surface area contributed by atoms with Gasteiger partial charge in [-0.15, -0.1) is 0 Å². The molecule has 1 heterocycles. The van der Waals surface area contributed by atoms with Gasteiger partial charge in [-0.2, -0.15) is 0 Å². The minimum Gasteiger partial charge on any atom is -0.312 e. The van der Waals surface area contributed by atoms with E-state index in [1.54, 1.807) is 0 Å². The summed E-state index contributed by atoms with van der Waals surface area (Å²) >= 11 is 0. The average Bonchev–Trinajstić information content (AvgIpc) is 2.56. The van der Waals surface area contributed by atoms with Crippen molar-refractivity contribution in [1.82, 2.24) is 10.2 Å². The first-order valence-corrected chi connectivity index (χ1v) is 7.36. The predicted octanol–water partition coefficient (Wildman–Crippen LogP) is 2.64. The summed E-state index contributed by atoms with van der Waals surface area (Å²) in [5.74, 6) is 0.964. The summed E-state index contributed by atoms with van der Waals surface area (Å²) < 4.78 is 0. The second-order valence-electron chi connectivity index (χ2n) is 5.61. The van der Waals surface area contributed by atoms with Gasteiger partial charge < -0.3 is 10.2 Å². The number of nitrogens with one attached hydrogen (secondary N) is 1. The van der Waals surface area contributed by atoms with E-state index in [0.717, 1.165) is 12.0 Å². The molecule has 2 nitrogen and oxygen atoms in total. The zero-order valence-corrected chi connectivity index (χ0v) is 10.9. The molecule has 1 atom stereocenters. The Morgan fingerprint density at radius 3 is 2.69 bits per heavy atom. The van der Waals surface area contributed by atoms with Crippen LogP contribution in [-0.2, 0) is 0 Å². The molecule has 1 saturated carbocycles. The van der Waals surface area contributed by atoms with Crippen molar-refractivity contribution in [2.24, 2.45) is 5.92 Å². The van der Waals surface area contributed by atoms with Crippen LogP contribution in [0.2, 0.25) is 0 Å². The lowest BCUT2D eigenvalue weighted by Gasteiger charge is -2.32. The third-order valence-electron chi connectivity index (χ3n) is 4.27. The van der Waals surface area contributed by atoms with Gasteiger partial charge in [-0.3, -0.25) is 0 Å². The Balaban J connectivity index is 1.86. The van der Waals surface area contributed by atoms with Gasteiger partial charge in [-0.1, -0.05) is 26.2 Å². The molecule has 0 aromatic rings. The minimum absolute atomic E-state index is 0.786. The summed E-state index contributed by atoms with van der Waals surface area (Å²) in [6.45, 7) is 7.45. The first-order chi connectivity index (χ1) is 7.90. The Hall–Kier alpha value is -0.0800. The summed E-state index contributed by atoms with van der Waals surface area (Å²) in [4.78, 5) is 2.68. The van der Waals surface area contributed by atoms with Gasteiger partial charge in [0, 0.05) is 12.6 Å². The molecule has 1 N–H and O–H groups in total. The lowest BCUT2D eigenvalue weighted by atomic mass is 9.83. The lowest BCUT2D eigenvalue weighted by molar-refractivity contribution is 0.206. The van der Waals surface area contributed by atoms with Crippen LogP contribution in [0.1, 0.15) is 51.9 Å². The first kappa shape index (κ1) is 12.4. The quantitative estimate of drug-likeness (QED) is 0.793. The van der Waals surface area contributed by atoms with Gasteiger partial charge in [-0.25, -0.2) is 0 Å². The average molecular weight is 224 g/mol. The molecular weight excluding hydrogens is 196 g/mol. The van der Waals surface area contributed by atoms with E-state index in [9.17, 15) is 0 Å². The van der Waals surface area contributed by atoms with Crippen molar-refractivity contribution >= 4 is 0 Å². The van der Waals surface area contributed by atoms with Crippen molar-refractivity contribution in [2.45, 2.75) is 57.9 Å². The molecule has 2 rings (SSSR count). The molecule has 0 amide bonds. The van der Waals surface area contributed by atoms with Crippen LogP contribution in [0.25, 0.3) is 0 Å². The zero-order valence-electron chi connectivity index (χ0n) is 10.9. The molecule has 1 saturated heterocycles. The van der Waals surface area contributed by atoms with Gasteiger partial charge in [0.05, 0.1) is 0 Å². The topological polar surface area (TPSA) is 15.3 Å². The van der Waals surface area contributed by atoms with Crippen molar-refractivity contribution in [3.05, 3.63) is 0 Å². The molecule has 2 fully saturated rings. The van der Waals surface area contributed by atoms with Crippen molar-refractivity contribution in [3.8, 4) is 0 Å². The molecule has 16 heavy (non-hydrogen) atoms. The summed E-state index contributed by atoms with van der Waals surface area (Å²) in [7, 11) is 0. The highest BCUT2D eigenvalue weighted by atomic mass is 15.2. The first-order valence-electron chi connectivity index (χ1n) is 7.36. The Labute approximate surface area is 101 Å². The van der Waals surface area contributed by atoms with Crippen molar-refractivity contribution in [3.63, 3.8) is 0 Å². The van der Waals surface area contributed by atoms with Crippen LogP contribution in [0.15, 0.2) is 0 Å². The third kappa shape index (κ3) is 3.46. The molecule has 94 valence electrons. The molecule has 1 unspecified atom stereocenters. The molecule has 1 aliphatic heterocycles. The maximum atomic E-state index is 3.80. The molecule has 0 spiro atoms. The van der Waals surface area contributed by atoms with Crippen LogP contribution in [0, 0.1) is 5.92 Å². The normalized spacial score (nSPS) is 30.2. The standard InChI is InChI=1S/C14H28N2/c1-2-10-16-11-6-9-15-14(12-16)13-7-4-3-5-8-13/h13-15H,2-12H2,1H3. The van der Waals surface area contributed by atoms with Crippen LogP contribution in [0.3, 0.4) is 0 Å². The molecule has 1 aliphatic carbocycles. The van der Waals surface area contributed by atoms with E-state index in [1.807, 2.05) is 0 Å². The van der Waals surface area contributed by atoms with Crippen molar-refractivity contribution in [1.29, 1.82) is 0 Å². The van der Waals surface area contributed by atoms with E-state index in [-0.39, 0.29) is 0 Å². The van der Waals surface area contributed by atoms with Gasteiger partial charge >= 0.3 is 0 Å². The molecule has 0 aromatic heterocycles. The largest absolute Gasteiger partial charge is 0.312 e. The van der Waals surface area contributed by atoms with E-state index in [0.29, 0.717) is 0 Å². The van der Waals surface area contributed by atoms with Gasteiger partial charge in [0.2, 0.25) is 0 Å². The van der Waals surface area contributed by atoms with E-state index in [4.69, 9.17) is 0 Å². The highest BCUT2D eigenvalue weighted by Crippen LogP contribution is 2.27. The summed E-state index contributed by atoms with van der Waals surface area (Å²) in [6, 6.07) is 0.786. The van der Waals surface area contributed by atoms with Gasteiger partial charge in [-0.05, 0) is 51.2 Å². The third-order valence-corrected chi connectivity index (χ3v) is 4.27. The van der Waals surface area contributed by atoms with Crippen LogP contribution < -0.4 is 5.32 Å². The molecule has 2 heteroatoms. The fraction of sp³-hybridized carbons (Fsp3) is 1.00. The fourth-order valence-corrected chi connectivity index (χ4v) is 3.40. The van der Waals surface area contributed by atoms with Crippen LogP contribution in [0.4, 0.5) is 0 Å². The van der Waals surface area contributed by atoms with Crippen molar-refractivity contribution < 1.29 is 0 Å². The smallest absolute Gasteiger partial charge is 0.0223 e. The van der Waals surface area contributed by atoms with E-state index < -0.39 is 0 Å². The maximum absolute atomic E-state index is 3.80. The Kier molecular flexibility index (Phi) is 5.11. The number of rotatable bonds is 3. The Bertz CT molecular complexity index is 187. The number of hydrogen-bond donors (Lipinski definition) is 1. The highest BCUT2D eigenvalue weighted by Gasteiger charge is 2.26. The zero-order chi connectivity index (χ0) is 11.2. The molecule has 0 bridgehead atoms. The highest BCUT2D eigenvalue weighted by molar-refractivity contribution is 4.84. The van der Waals surface area contributed by atoms with Crippen LogP contribution in [0.5, 0.6) is 0 Å². The summed E-state index contributed by atoms with van der Waals surface area (Å²) in [5.41, 5.74) is 0.